The number of fused-ring (bicyclic) bond motifs is 1. The fourth-order valence-electron chi connectivity index (χ4n) is 2.51. The summed E-state index contributed by atoms with van der Waals surface area (Å²) in [7, 11) is 3.26. The SMILES string of the molecule is C=Cc1nn(PI)c2cnc(-c3c(COC)[nH]n(C)c3=O)cc12.CC. The van der Waals surface area contributed by atoms with Crippen molar-refractivity contribution in [2.45, 2.75) is 20.5 Å². The lowest BCUT2D eigenvalue weighted by Gasteiger charge is -2.02. The zero-order valence-corrected chi connectivity index (χ0v) is 17.8. The lowest BCUT2D eigenvalue weighted by Crippen LogP contribution is -2.13. The molecule has 3 aromatic heterocycles. The molecule has 1 N–H and O–H groups in total. The molecule has 0 amide bonds. The van der Waals surface area contributed by atoms with Gasteiger partial charge in [-0.15, -0.1) is 0 Å². The predicted molar refractivity (Wildman–Crippen MR) is 112 cm³/mol. The summed E-state index contributed by atoms with van der Waals surface area (Å²) in [5.41, 5.74) is 3.41. The van der Waals surface area contributed by atoms with E-state index in [0.29, 0.717) is 29.9 Å². The normalized spacial score (nSPS) is 11.1. The standard InChI is InChI=1S/C14H15IN5O2P.C2H6/c1-4-9-8-5-10(16-6-12(8)20(18-9)23-15)13-11(7-22-3)17-19(2)14(13)21;1-2/h4-6,17,23H,1,7H2,2-3H3;1-2H3. The highest BCUT2D eigenvalue weighted by molar-refractivity contribution is 14.2. The van der Waals surface area contributed by atoms with Gasteiger partial charge in [-0.3, -0.25) is 19.6 Å². The molecule has 1 atom stereocenters. The van der Waals surface area contributed by atoms with Crippen LogP contribution in [0.4, 0.5) is 0 Å². The average Bonchev–Trinajstić information content (AvgIpc) is 3.13. The number of halogens is 1. The van der Waals surface area contributed by atoms with Crippen molar-refractivity contribution in [1.29, 1.82) is 0 Å². The number of methoxy groups -OCH3 is 1. The van der Waals surface area contributed by atoms with Gasteiger partial charge in [0.25, 0.3) is 5.56 Å². The third-order valence-corrected chi connectivity index (χ3v) is 5.41. The maximum Gasteiger partial charge on any atom is 0.276 e. The van der Waals surface area contributed by atoms with E-state index >= 15 is 0 Å². The summed E-state index contributed by atoms with van der Waals surface area (Å²) >= 11 is 2.27. The van der Waals surface area contributed by atoms with Crippen LogP contribution in [0.3, 0.4) is 0 Å². The third kappa shape index (κ3) is 3.70. The number of nitrogens with zero attached hydrogens (tertiary/aromatic N) is 4. The van der Waals surface area contributed by atoms with Gasteiger partial charge >= 0.3 is 0 Å². The summed E-state index contributed by atoms with van der Waals surface area (Å²) < 4.78 is 8.48. The second-order valence-electron chi connectivity index (χ2n) is 4.93. The van der Waals surface area contributed by atoms with Gasteiger partial charge in [0.1, 0.15) is 0 Å². The molecule has 134 valence electrons. The van der Waals surface area contributed by atoms with Crippen LogP contribution in [-0.2, 0) is 18.4 Å². The molecule has 0 bridgehead atoms. The molecule has 0 radical (unpaired) electrons. The van der Waals surface area contributed by atoms with Crippen molar-refractivity contribution in [3.05, 3.63) is 40.6 Å². The lowest BCUT2D eigenvalue weighted by molar-refractivity contribution is 0.181. The summed E-state index contributed by atoms with van der Waals surface area (Å²) in [5, 5.41) is 8.43. The maximum absolute atomic E-state index is 12.4. The highest BCUT2D eigenvalue weighted by atomic mass is 127. The minimum atomic E-state index is -0.132. The molecule has 0 aromatic carbocycles. The summed E-state index contributed by atoms with van der Waals surface area (Å²) in [6.45, 7) is 8.13. The van der Waals surface area contributed by atoms with Gasteiger partial charge in [0.05, 0.1) is 47.3 Å². The molecular formula is C16H21IN5O2P. The monoisotopic (exact) mass is 473 g/mol. The number of H-pyrrole nitrogens is 1. The molecule has 0 aliphatic heterocycles. The Kier molecular flexibility index (Phi) is 6.92. The van der Waals surface area contributed by atoms with E-state index in [2.05, 4.69) is 43.8 Å². The Morgan fingerprint density at radius 3 is 2.80 bits per heavy atom. The van der Waals surface area contributed by atoms with Crippen molar-refractivity contribution >= 4 is 45.4 Å². The Morgan fingerprint density at radius 2 is 2.20 bits per heavy atom. The molecule has 3 heterocycles. The van der Waals surface area contributed by atoms with Gasteiger partial charge in [-0.25, -0.2) is 4.45 Å². The van der Waals surface area contributed by atoms with E-state index in [-0.39, 0.29) is 5.56 Å². The van der Waals surface area contributed by atoms with Crippen LogP contribution in [-0.4, -0.2) is 31.4 Å². The fourth-order valence-corrected chi connectivity index (χ4v) is 4.03. The van der Waals surface area contributed by atoms with E-state index in [1.165, 1.54) is 4.68 Å². The van der Waals surface area contributed by atoms with Gasteiger partial charge in [-0.1, -0.05) is 20.4 Å². The number of aromatic nitrogens is 5. The largest absolute Gasteiger partial charge is 0.378 e. The van der Waals surface area contributed by atoms with Crippen LogP contribution in [0.5, 0.6) is 0 Å². The van der Waals surface area contributed by atoms with Crippen LogP contribution >= 0.6 is 28.4 Å². The van der Waals surface area contributed by atoms with E-state index in [0.717, 1.165) is 16.6 Å². The average molecular weight is 473 g/mol. The van der Waals surface area contributed by atoms with E-state index in [9.17, 15) is 4.79 Å². The molecular weight excluding hydrogens is 452 g/mol. The first-order valence-corrected chi connectivity index (χ1v) is 11.8. The zero-order valence-electron chi connectivity index (χ0n) is 14.6. The Morgan fingerprint density at radius 1 is 1.48 bits per heavy atom. The molecule has 1 unspecified atom stereocenters. The molecule has 3 rings (SSSR count). The van der Waals surface area contributed by atoms with Crippen molar-refractivity contribution in [2.75, 3.05) is 7.11 Å². The van der Waals surface area contributed by atoms with Gasteiger partial charge in [-0.05, 0) is 34.2 Å². The number of hydrogen-bond donors (Lipinski definition) is 1. The van der Waals surface area contributed by atoms with E-state index in [1.54, 1.807) is 26.4 Å². The van der Waals surface area contributed by atoms with E-state index in [4.69, 9.17) is 4.74 Å². The van der Waals surface area contributed by atoms with Crippen LogP contribution in [0.1, 0.15) is 25.2 Å². The van der Waals surface area contributed by atoms with Crippen molar-refractivity contribution in [3.8, 4) is 11.3 Å². The molecule has 7 nitrogen and oxygen atoms in total. The molecule has 0 saturated carbocycles. The Hall–Kier alpha value is -1.51. The third-order valence-electron chi connectivity index (χ3n) is 3.54. The van der Waals surface area contributed by atoms with Gasteiger partial charge in [0.15, 0.2) is 0 Å². The van der Waals surface area contributed by atoms with E-state index in [1.807, 2.05) is 24.4 Å². The van der Waals surface area contributed by atoms with Crippen LogP contribution in [0, 0.1) is 0 Å². The molecule has 0 aliphatic carbocycles. The fraction of sp³-hybridized carbons (Fsp3) is 0.312. The molecule has 3 aromatic rings. The number of pyridine rings is 1. The Labute approximate surface area is 160 Å². The Bertz CT molecular complexity index is 944. The minimum Gasteiger partial charge on any atom is -0.378 e. The summed E-state index contributed by atoms with van der Waals surface area (Å²) in [6.07, 6.45) is 3.93. The minimum absolute atomic E-state index is 0.132. The maximum atomic E-state index is 12.4. The van der Waals surface area contributed by atoms with Crippen molar-refractivity contribution in [2.24, 2.45) is 7.05 Å². The van der Waals surface area contributed by atoms with E-state index < -0.39 is 0 Å². The van der Waals surface area contributed by atoms with Crippen molar-refractivity contribution in [1.82, 2.24) is 24.3 Å². The predicted octanol–water partition coefficient (Wildman–Crippen LogP) is 3.73. The molecule has 0 spiro atoms. The number of aromatic amines is 1. The molecule has 0 fully saturated rings. The number of ether oxygens (including phenoxy) is 1. The second kappa shape index (κ2) is 8.73. The quantitative estimate of drug-likeness (QED) is 0.453. The first kappa shape index (κ1) is 19.8. The number of aryl methyl sites for hydroxylation is 1. The van der Waals surface area contributed by atoms with Gasteiger partial charge in [0.2, 0.25) is 0 Å². The lowest BCUT2D eigenvalue weighted by atomic mass is 10.1. The second-order valence-corrected chi connectivity index (χ2v) is 6.97. The smallest absolute Gasteiger partial charge is 0.276 e. The highest BCUT2D eigenvalue weighted by Crippen LogP contribution is 2.32. The van der Waals surface area contributed by atoms with Crippen molar-refractivity contribution in [3.63, 3.8) is 0 Å². The summed E-state index contributed by atoms with van der Waals surface area (Å²) in [5.74, 6) is 0. The topological polar surface area (TPSA) is 77.7 Å². The van der Waals surface area contributed by atoms with Gasteiger partial charge < -0.3 is 4.74 Å². The first-order chi connectivity index (χ1) is 12.1. The summed E-state index contributed by atoms with van der Waals surface area (Å²) in [4.78, 5) is 16.9. The van der Waals surface area contributed by atoms with Crippen LogP contribution in [0.2, 0.25) is 0 Å². The van der Waals surface area contributed by atoms with Crippen LogP contribution < -0.4 is 5.56 Å². The Balaban J connectivity index is 0.00000109. The zero-order chi connectivity index (χ0) is 18.6. The molecule has 25 heavy (non-hydrogen) atoms. The first-order valence-electron chi connectivity index (χ1n) is 7.75. The molecule has 0 saturated heterocycles. The van der Waals surface area contributed by atoms with Crippen molar-refractivity contribution < 1.29 is 4.74 Å². The number of nitrogens with one attached hydrogen (secondary N) is 1. The number of hydrogen-bond acceptors (Lipinski definition) is 4. The summed E-state index contributed by atoms with van der Waals surface area (Å²) in [6, 6.07) is 1.89. The van der Waals surface area contributed by atoms with Crippen LogP contribution in [0.25, 0.3) is 28.2 Å². The van der Waals surface area contributed by atoms with Crippen LogP contribution in [0.15, 0.2) is 23.6 Å². The highest BCUT2D eigenvalue weighted by Gasteiger charge is 2.18. The molecule has 0 aliphatic rings. The molecule has 9 heteroatoms. The number of rotatable bonds is 5. The van der Waals surface area contributed by atoms with Gasteiger partial charge in [-0.2, -0.15) is 5.10 Å². The van der Waals surface area contributed by atoms with Gasteiger partial charge in [0, 0.05) is 19.5 Å².